The molecule has 0 saturated heterocycles. The lowest BCUT2D eigenvalue weighted by Gasteiger charge is -2.03. The first-order valence-electron chi connectivity index (χ1n) is 6.58. The molecule has 0 saturated carbocycles. The summed E-state index contributed by atoms with van der Waals surface area (Å²) in [7, 11) is 0. The Balaban J connectivity index is 1.91. The SMILES string of the molecule is CCCNCCCCCCc1sccc1C. The van der Waals surface area contributed by atoms with Crippen molar-refractivity contribution in [2.45, 2.75) is 52.4 Å². The average molecular weight is 239 g/mol. The van der Waals surface area contributed by atoms with Crippen LogP contribution in [-0.2, 0) is 6.42 Å². The van der Waals surface area contributed by atoms with Gasteiger partial charge in [0.05, 0.1) is 0 Å². The molecule has 1 rings (SSSR count). The summed E-state index contributed by atoms with van der Waals surface area (Å²) >= 11 is 1.91. The molecule has 0 bridgehead atoms. The predicted octanol–water partition coefficient (Wildman–Crippen LogP) is 4.16. The molecule has 0 aliphatic carbocycles. The summed E-state index contributed by atoms with van der Waals surface area (Å²) in [5, 5.41) is 5.66. The second kappa shape index (κ2) is 8.77. The van der Waals surface area contributed by atoms with Crippen LogP contribution < -0.4 is 5.32 Å². The molecule has 1 heterocycles. The third-order valence-corrected chi connectivity index (χ3v) is 3.99. The van der Waals surface area contributed by atoms with E-state index in [-0.39, 0.29) is 0 Å². The summed E-state index contributed by atoms with van der Waals surface area (Å²) in [6, 6.07) is 2.23. The van der Waals surface area contributed by atoms with E-state index >= 15 is 0 Å². The molecule has 0 aliphatic heterocycles. The number of nitrogens with one attached hydrogen (secondary N) is 1. The van der Waals surface area contributed by atoms with Gasteiger partial charge in [0.15, 0.2) is 0 Å². The van der Waals surface area contributed by atoms with Crippen molar-refractivity contribution in [2.24, 2.45) is 0 Å². The van der Waals surface area contributed by atoms with Crippen LogP contribution >= 0.6 is 11.3 Å². The Morgan fingerprint density at radius 2 is 1.94 bits per heavy atom. The minimum Gasteiger partial charge on any atom is -0.317 e. The maximum absolute atomic E-state index is 3.45. The Morgan fingerprint density at radius 3 is 2.62 bits per heavy atom. The smallest absolute Gasteiger partial charge is 0.00743 e. The van der Waals surface area contributed by atoms with Gasteiger partial charge in [0.25, 0.3) is 0 Å². The lowest BCUT2D eigenvalue weighted by atomic mass is 10.1. The summed E-state index contributed by atoms with van der Waals surface area (Å²) in [6.07, 6.45) is 7.98. The molecule has 1 aromatic rings. The third kappa shape index (κ3) is 5.66. The molecule has 1 aromatic heterocycles. The summed E-state index contributed by atoms with van der Waals surface area (Å²) in [4.78, 5) is 1.59. The Hall–Kier alpha value is -0.340. The van der Waals surface area contributed by atoms with Crippen LogP contribution in [0, 0.1) is 6.92 Å². The highest BCUT2D eigenvalue weighted by Gasteiger charge is 1.98. The van der Waals surface area contributed by atoms with Crippen molar-refractivity contribution < 1.29 is 0 Å². The van der Waals surface area contributed by atoms with Crippen molar-refractivity contribution in [2.75, 3.05) is 13.1 Å². The van der Waals surface area contributed by atoms with E-state index in [1.54, 1.807) is 4.88 Å². The van der Waals surface area contributed by atoms with Crippen molar-refractivity contribution in [3.8, 4) is 0 Å². The van der Waals surface area contributed by atoms with Crippen LogP contribution in [0.25, 0.3) is 0 Å². The van der Waals surface area contributed by atoms with Crippen molar-refractivity contribution >= 4 is 11.3 Å². The van der Waals surface area contributed by atoms with Crippen LogP contribution in [0.3, 0.4) is 0 Å². The fourth-order valence-electron chi connectivity index (χ4n) is 1.85. The third-order valence-electron chi connectivity index (χ3n) is 2.90. The number of hydrogen-bond donors (Lipinski definition) is 1. The molecule has 2 heteroatoms. The van der Waals surface area contributed by atoms with Gasteiger partial charge in [-0.25, -0.2) is 0 Å². The number of aryl methyl sites for hydroxylation is 2. The fraction of sp³-hybridized carbons (Fsp3) is 0.714. The first-order valence-corrected chi connectivity index (χ1v) is 7.46. The minimum atomic E-state index is 1.17. The summed E-state index contributed by atoms with van der Waals surface area (Å²) in [6.45, 7) is 6.82. The average Bonchev–Trinajstić information content (AvgIpc) is 2.68. The van der Waals surface area contributed by atoms with E-state index in [9.17, 15) is 0 Å². The van der Waals surface area contributed by atoms with Gasteiger partial charge in [-0.05, 0) is 62.7 Å². The molecule has 0 fully saturated rings. The van der Waals surface area contributed by atoms with Crippen LogP contribution in [-0.4, -0.2) is 13.1 Å². The molecule has 16 heavy (non-hydrogen) atoms. The van der Waals surface area contributed by atoms with Crippen molar-refractivity contribution in [1.82, 2.24) is 5.32 Å². The van der Waals surface area contributed by atoms with E-state index in [1.807, 2.05) is 11.3 Å². The van der Waals surface area contributed by atoms with Gasteiger partial charge in [0.1, 0.15) is 0 Å². The van der Waals surface area contributed by atoms with Crippen LogP contribution in [0.4, 0.5) is 0 Å². The van der Waals surface area contributed by atoms with Gasteiger partial charge >= 0.3 is 0 Å². The number of rotatable bonds is 9. The van der Waals surface area contributed by atoms with Crippen LogP contribution in [0.2, 0.25) is 0 Å². The largest absolute Gasteiger partial charge is 0.317 e. The Bertz CT molecular complexity index is 267. The summed E-state index contributed by atoms with van der Waals surface area (Å²) in [5.74, 6) is 0. The quantitative estimate of drug-likeness (QED) is 0.638. The molecule has 0 aliphatic rings. The number of hydrogen-bond acceptors (Lipinski definition) is 2. The molecule has 1 N–H and O–H groups in total. The number of unbranched alkanes of at least 4 members (excludes halogenated alkanes) is 3. The molecule has 0 radical (unpaired) electrons. The highest BCUT2D eigenvalue weighted by Crippen LogP contribution is 2.18. The summed E-state index contributed by atoms with van der Waals surface area (Å²) in [5.41, 5.74) is 1.48. The molecular formula is C14H25NS. The van der Waals surface area contributed by atoms with E-state index in [0.717, 1.165) is 0 Å². The van der Waals surface area contributed by atoms with Crippen LogP contribution in [0.1, 0.15) is 49.5 Å². The van der Waals surface area contributed by atoms with Gasteiger partial charge in [-0.3, -0.25) is 0 Å². The minimum absolute atomic E-state index is 1.17. The molecule has 0 atom stereocenters. The van der Waals surface area contributed by atoms with Crippen molar-refractivity contribution in [1.29, 1.82) is 0 Å². The van der Waals surface area contributed by atoms with Crippen LogP contribution in [0.5, 0.6) is 0 Å². The van der Waals surface area contributed by atoms with E-state index in [0.29, 0.717) is 0 Å². The van der Waals surface area contributed by atoms with Gasteiger partial charge in [-0.1, -0.05) is 19.8 Å². The zero-order chi connectivity index (χ0) is 11.6. The first-order chi connectivity index (χ1) is 7.84. The second-order valence-electron chi connectivity index (χ2n) is 4.44. The van der Waals surface area contributed by atoms with E-state index < -0.39 is 0 Å². The Morgan fingerprint density at radius 1 is 1.12 bits per heavy atom. The van der Waals surface area contributed by atoms with Gasteiger partial charge in [0.2, 0.25) is 0 Å². The van der Waals surface area contributed by atoms with E-state index in [4.69, 9.17) is 0 Å². The van der Waals surface area contributed by atoms with Crippen molar-refractivity contribution in [3.05, 3.63) is 21.9 Å². The lowest BCUT2D eigenvalue weighted by molar-refractivity contribution is 0.585. The zero-order valence-electron chi connectivity index (χ0n) is 10.7. The highest BCUT2D eigenvalue weighted by atomic mass is 32.1. The second-order valence-corrected chi connectivity index (χ2v) is 5.44. The fourth-order valence-corrected chi connectivity index (χ4v) is 2.80. The molecular weight excluding hydrogens is 214 g/mol. The van der Waals surface area contributed by atoms with Crippen molar-refractivity contribution in [3.63, 3.8) is 0 Å². The molecule has 1 nitrogen and oxygen atoms in total. The normalized spacial score (nSPS) is 10.9. The monoisotopic (exact) mass is 239 g/mol. The van der Waals surface area contributed by atoms with Gasteiger partial charge < -0.3 is 5.32 Å². The lowest BCUT2D eigenvalue weighted by Crippen LogP contribution is -2.15. The zero-order valence-corrected chi connectivity index (χ0v) is 11.5. The topological polar surface area (TPSA) is 12.0 Å². The number of thiophene rings is 1. The maximum atomic E-state index is 3.45. The van der Waals surface area contributed by atoms with E-state index in [2.05, 4.69) is 30.6 Å². The first kappa shape index (κ1) is 13.7. The standard InChI is InChI=1S/C14H25NS/c1-3-10-15-11-7-5-4-6-8-14-13(2)9-12-16-14/h9,12,15H,3-8,10-11H2,1-2H3. The molecule has 0 aromatic carbocycles. The summed E-state index contributed by atoms with van der Waals surface area (Å²) < 4.78 is 0. The van der Waals surface area contributed by atoms with Gasteiger partial charge in [-0.15, -0.1) is 11.3 Å². The van der Waals surface area contributed by atoms with Gasteiger partial charge in [-0.2, -0.15) is 0 Å². The highest BCUT2D eigenvalue weighted by molar-refractivity contribution is 7.10. The Labute approximate surface area is 104 Å². The predicted molar refractivity (Wildman–Crippen MR) is 74.4 cm³/mol. The molecule has 0 unspecified atom stereocenters. The molecule has 92 valence electrons. The van der Waals surface area contributed by atoms with Crippen LogP contribution in [0.15, 0.2) is 11.4 Å². The maximum Gasteiger partial charge on any atom is 0.00743 e. The molecule has 0 amide bonds. The van der Waals surface area contributed by atoms with Gasteiger partial charge in [0, 0.05) is 4.88 Å². The Kier molecular flexibility index (Phi) is 7.52. The van der Waals surface area contributed by atoms with E-state index in [1.165, 1.54) is 57.2 Å². The molecule has 0 spiro atoms.